The Kier molecular flexibility index (Phi) is 20.4. The smallest absolute Gasteiger partial charge is 0.340 e. The van der Waals surface area contributed by atoms with E-state index in [1.165, 1.54) is 18.5 Å². The molecule has 0 radical (unpaired) electrons. The van der Waals surface area contributed by atoms with E-state index in [2.05, 4.69) is 71.9 Å². The van der Waals surface area contributed by atoms with Gasteiger partial charge in [0.05, 0.1) is 18.4 Å². The van der Waals surface area contributed by atoms with Gasteiger partial charge in [0.25, 0.3) is 5.91 Å². The third-order valence-corrected chi connectivity index (χ3v) is 6.19. The van der Waals surface area contributed by atoms with Gasteiger partial charge in [-0.3, -0.25) is 19.4 Å². The van der Waals surface area contributed by atoms with Gasteiger partial charge in [-0.25, -0.2) is 4.79 Å². The van der Waals surface area contributed by atoms with Crippen LogP contribution in [0.25, 0.3) is 0 Å². The Morgan fingerprint density at radius 2 is 1.40 bits per heavy atom. The SMILES string of the molecule is CCC=CCC=CCC=CCC=CCC=CCC=CCC(=O)OCC(C)(C)C(OC(=O)c1cccnc1)C(=O)NCCC(=O)O. The minimum absolute atomic E-state index is 0.0474. The second-order valence-corrected chi connectivity index (χ2v) is 10.7. The van der Waals surface area contributed by atoms with Crippen LogP contribution in [-0.2, 0) is 23.9 Å². The number of nitrogens with zero attached hydrogens (tertiary/aromatic N) is 1. The Balaban J connectivity index is 2.45. The number of hydrogen-bond donors (Lipinski definition) is 2. The number of esters is 2. The number of allylic oxidation sites excluding steroid dienone is 11. The van der Waals surface area contributed by atoms with Crippen LogP contribution in [0.15, 0.2) is 97.4 Å². The maximum atomic E-state index is 12.9. The van der Waals surface area contributed by atoms with E-state index in [0.717, 1.165) is 32.1 Å². The summed E-state index contributed by atoms with van der Waals surface area (Å²) in [6, 6.07) is 3.05. The third-order valence-electron chi connectivity index (χ3n) is 6.19. The second-order valence-electron chi connectivity index (χ2n) is 10.7. The van der Waals surface area contributed by atoms with E-state index in [0.29, 0.717) is 6.42 Å². The fourth-order valence-electron chi connectivity index (χ4n) is 3.71. The van der Waals surface area contributed by atoms with Crippen molar-refractivity contribution in [1.82, 2.24) is 10.3 Å². The fourth-order valence-corrected chi connectivity index (χ4v) is 3.71. The van der Waals surface area contributed by atoms with Crippen molar-refractivity contribution in [3.8, 4) is 0 Å². The van der Waals surface area contributed by atoms with Gasteiger partial charge in [-0.15, -0.1) is 0 Å². The Bertz CT molecular complexity index is 1210. The molecule has 9 heteroatoms. The molecule has 1 unspecified atom stereocenters. The van der Waals surface area contributed by atoms with E-state index >= 15 is 0 Å². The third kappa shape index (κ3) is 19.4. The molecular formula is C36H48N2O7. The quantitative estimate of drug-likeness (QED) is 0.106. The molecule has 45 heavy (non-hydrogen) atoms. The molecule has 0 fully saturated rings. The van der Waals surface area contributed by atoms with E-state index in [1.54, 1.807) is 26.0 Å². The molecule has 1 aromatic rings. The highest BCUT2D eigenvalue weighted by Gasteiger charge is 2.40. The molecule has 0 saturated carbocycles. The molecule has 2 N–H and O–H groups in total. The molecule has 0 spiro atoms. The molecule has 1 heterocycles. The number of carboxylic acids is 1. The number of ether oxygens (including phenoxy) is 2. The van der Waals surface area contributed by atoms with Crippen molar-refractivity contribution in [3.63, 3.8) is 0 Å². The fraction of sp³-hybridized carbons (Fsp3) is 0.417. The van der Waals surface area contributed by atoms with E-state index in [4.69, 9.17) is 14.6 Å². The number of carbonyl (C=O) groups excluding carboxylic acids is 3. The summed E-state index contributed by atoms with van der Waals surface area (Å²) in [6.45, 7) is 5.02. The van der Waals surface area contributed by atoms with Gasteiger partial charge in [0.2, 0.25) is 0 Å². The number of hydrogen-bond acceptors (Lipinski definition) is 7. The standard InChI is InChI=1S/C36H48N2O7/c1-4-5-6-7-8-9-10-11-12-13-14-15-16-17-18-19-20-21-24-32(41)44-29-36(2,3)33(34(42)38-27-25-31(39)40)45-35(43)30-23-22-26-37-28-30/h5-6,8-9,11-12,14-15,17-18,20-23,26,28,33H,4,7,10,13,16,19,24-25,27,29H2,1-3H3,(H,38,42)(H,39,40). The van der Waals surface area contributed by atoms with Crippen LogP contribution in [0.4, 0.5) is 0 Å². The molecule has 1 atom stereocenters. The predicted octanol–water partition coefficient (Wildman–Crippen LogP) is 6.86. The first-order valence-corrected chi connectivity index (χ1v) is 15.3. The van der Waals surface area contributed by atoms with Gasteiger partial charge in [-0.1, -0.05) is 93.7 Å². The summed E-state index contributed by atoms with van der Waals surface area (Å²) in [5.74, 6) is -3.04. The largest absolute Gasteiger partial charge is 0.481 e. The summed E-state index contributed by atoms with van der Waals surface area (Å²) in [5, 5.41) is 11.3. The van der Waals surface area contributed by atoms with E-state index in [9.17, 15) is 19.2 Å². The lowest BCUT2D eigenvalue weighted by Crippen LogP contribution is -2.49. The van der Waals surface area contributed by atoms with Crippen LogP contribution in [0.2, 0.25) is 0 Å². The lowest BCUT2D eigenvalue weighted by Gasteiger charge is -2.32. The molecule has 244 valence electrons. The molecule has 0 aliphatic carbocycles. The lowest BCUT2D eigenvalue weighted by atomic mass is 9.86. The van der Waals surface area contributed by atoms with Crippen LogP contribution in [-0.4, -0.2) is 53.2 Å². The summed E-state index contributed by atoms with van der Waals surface area (Å²) in [6.07, 6.45) is 31.5. The highest BCUT2D eigenvalue weighted by molar-refractivity contribution is 5.92. The normalized spacial score (nSPS) is 13.0. The van der Waals surface area contributed by atoms with E-state index in [1.807, 2.05) is 12.2 Å². The number of nitrogens with one attached hydrogen (secondary N) is 1. The molecule has 0 aromatic carbocycles. The van der Waals surface area contributed by atoms with Crippen LogP contribution in [0.1, 0.15) is 82.5 Å². The maximum Gasteiger partial charge on any atom is 0.340 e. The molecule has 0 aliphatic rings. The van der Waals surface area contributed by atoms with Crippen LogP contribution >= 0.6 is 0 Å². The first kappa shape index (κ1) is 38.5. The minimum Gasteiger partial charge on any atom is -0.481 e. The maximum absolute atomic E-state index is 12.9. The highest BCUT2D eigenvalue weighted by Crippen LogP contribution is 2.26. The number of aliphatic carboxylic acids is 1. The number of carbonyl (C=O) groups is 4. The van der Waals surface area contributed by atoms with Crippen LogP contribution in [0.5, 0.6) is 0 Å². The number of amides is 1. The van der Waals surface area contributed by atoms with Gasteiger partial charge in [0.1, 0.15) is 6.61 Å². The lowest BCUT2D eigenvalue weighted by molar-refractivity contribution is -0.153. The summed E-state index contributed by atoms with van der Waals surface area (Å²) in [5.41, 5.74) is -0.967. The van der Waals surface area contributed by atoms with Crippen molar-refractivity contribution in [2.45, 2.75) is 78.2 Å². The number of aromatic nitrogens is 1. The number of carboxylic acid groups (broad SMARTS) is 1. The van der Waals surface area contributed by atoms with Gasteiger partial charge in [0, 0.05) is 24.4 Å². The number of rotatable bonds is 22. The molecule has 9 nitrogen and oxygen atoms in total. The van der Waals surface area contributed by atoms with Crippen LogP contribution < -0.4 is 5.32 Å². The summed E-state index contributed by atoms with van der Waals surface area (Å²) in [4.78, 5) is 52.6. The summed E-state index contributed by atoms with van der Waals surface area (Å²) in [7, 11) is 0. The van der Waals surface area contributed by atoms with Crippen molar-refractivity contribution in [3.05, 3.63) is 103 Å². The molecule has 1 amide bonds. The Morgan fingerprint density at radius 3 is 1.89 bits per heavy atom. The average Bonchev–Trinajstić information content (AvgIpc) is 3.02. The van der Waals surface area contributed by atoms with Gasteiger partial charge in [-0.05, 0) is 50.7 Å². The van der Waals surface area contributed by atoms with Crippen LogP contribution in [0.3, 0.4) is 0 Å². The van der Waals surface area contributed by atoms with Gasteiger partial charge >= 0.3 is 17.9 Å². The monoisotopic (exact) mass is 620 g/mol. The first-order valence-electron chi connectivity index (χ1n) is 15.3. The highest BCUT2D eigenvalue weighted by atomic mass is 16.6. The van der Waals surface area contributed by atoms with Crippen molar-refractivity contribution in [2.75, 3.05) is 13.2 Å². The zero-order valence-electron chi connectivity index (χ0n) is 26.7. The van der Waals surface area contributed by atoms with Gasteiger partial charge < -0.3 is 19.9 Å². The van der Waals surface area contributed by atoms with Crippen molar-refractivity contribution in [2.24, 2.45) is 5.41 Å². The Hall–Kier alpha value is -4.53. The molecule has 1 rings (SSSR count). The van der Waals surface area contributed by atoms with E-state index in [-0.39, 0.29) is 31.6 Å². The topological polar surface area (TPSA) is 132 Å². The molecule has 0 aliphatic heterocycles. The first-order chi connectivity index (χ1) is 21.7. The van der Waals surface area contributed by atoms with Gasteiger partial charge in [-0.2, -0.15) is 0 Å². The predicted molar refractivity (Wildman–Crippen MR) is 176 cm³/mol. The second kappa shape index (κ2) is 23.9. The molecule has 0 saturated heterocycles. The molecule has 1 aromatic heterocycles. The average molecular weight is 621 g/mol. The Morgan fingerprint density at radius 1 is 0.867 bits per heavy atom. The van der Waals surface area contributed by atoms with Crippen molar-refractivity contribution < 1.29 is 33.8 Å². The molecule has 0 bridgehead atoms. The molecular weight excluding hydrogens is 572 g/mol. The minimum atomic E-state index is -1.35. The van der Waals surface area contributed by atoms with E-state index < -0.39 is 35.3 Å². The van der Waals surface area contributed by atoms with Gasteiger partial charge in [0.15, 0.2) is 6.10 Å². The zero-order valence-corrected chi connectivity index (χ0v) is 26.7. The summed E-state index contributed by atoms with van der Waals surface area (Å²) < 4.78 is 10.9. The van der Waals surface area contributed by atoms with Crippen LogP contribution in [0, 0.1) is 5.41 Å². The van der Waals surface area contributed by atoms with Crippen molar-refractivity contribution in [1.29, 1.82) is 0 Å². The Labute approximate surface area is 267 Å². The zero-order chi connectivity index (χ0) is 33.2. The summed E-state index contributed by atoms with van der Waals surface area (Å²) >= 11 is 0. The van der Waals surface area contributed by atoms with Crippen molar-refractivity contribution >= 4 is 23.8 Å². The number of pyridine rings is 1.